The third-order valence-electron chi connectivity index (χ3n) is 3.36. The van der Waals surface area contributed by atoms with E-state index in [1.165, 1.54) is 0 Å². The summed E-state index contributed by atoms with van der Waals surface area (Å²) in [6.45, 7) is 6.14. The molecule has 0 spiro atoms. The van der Waals surface area contributed by atoms with Crippen LogP contribution in [0.4, 0.5) is 0 Å². The molecule has 0 fully saturated rings. The molecule has 0 saturated heterocycles. The second-order valence-electron chi connectivity index (χ2n) is 5.10. The van der Waals surface area contributed by atoms with Crippen molar-refractivity contribution in [1.82, 2.24) is 0 Å². The third-order valence-corrected chi connectivity index (χ3v) is 3.36. The Bertz CT molecular complexity index is 396. The highest BCUT2D eigenvalue weighted by Gasteiger charge is 2.13. The molecule has 0 heterocycles. The molecule has 120 valence electrons. The first-order valence-electron chi connectivity index (χ1n) is 7.84. The molecule has 0 aliphatic carbocycles. The molecule has 1 aromatic carbocycles. The lowest BCUT2D eigenvalue weighted by molar-refractivity contribution is 0.182. The predicted molar refractivity (Wildman–Crippen MR) is 86.2 cm³/mol. The van der Waals surface area contributed by atoms with Gasteiger partial charge in [-0.25, -0.2) is 0 Å². The minimum atomic E-state index is 0.151. The van der Waals surface area contributed by atoms with Crippen molar-refractivity contribution in [2.75, 3.05) is 26.9 Å². The van der Waals surface area contributed by atoms with Crippen molar-refractivity contribution in [3.8, 4) is 11.5 Å². The van der Waals surface area contributed by atoms with Gasteiger partial charge in [0.05, 0.1) is 13.2 Å². The molecular weight excluding hydrogens is 266 g/mol. The molecule has 4 heteroatoms. The Morgan fingerprint density at radius 3 is 2.52 bits per heavy atom. The highest BCUT2D eigenvalue weighted by atomic mass is 16.5. The van der Waals surface area contributed by atoms with Crippen molar-refractivity contribution in [2.45, 2.75) is 45.6 Å². The second-order valence-corrected chi connectivity index (χ2v) is 5.10. The first kappa shape index (κ1) is 17.8. The molecule has 1 atom stereocenters. The van der Waals surface area contributed by atoms with Gasteiger partial charge in [0, 0.05) is 19.8 Å². The summed E-state index contributed by atoms with van der Waals surface area (Å²) in [7, 11) is 1.72. The number of methoxy groups -OCH3 is 1. The SMILES string of the molecule is CCOc1cccc(CC(N)CC)c1OCCCCOC. The average Bonchev–Trinajstić information content (AvgIpc) is 2.49. The van der Waals surface area contributed by atoms with E-state index < -0.39 is 0 Å². The zero-order chi connectivity index (χ0) is 15.5. The average molecular weight is 295 g/mol. The van der Waals surface area contributed by atoms with Crippen molar-refractivity contribution in [1.29, 1.82) is 0 Å². The fourth-order valence-corrected chi connectivity index (χ4v) is 2.10. The van der Waals surface area contributed by atoms with Crippen LogP contribution >= 0.6 is 0 Å². The van der Waals surface area contributed by atoms with Crippen molar-refractivity contribution < 1.29 is 14.2 Å². The lowest BCUT2D eigenvalue weighted by atomic mass is 10.0. The molecule has 4 nitrogen and oxygen atoms in total. The topological polar surface area (TPSA) is 53.7 Å². The first-order chi connectivity index (χ1) is 10.2. The molecule has 1 aromatic rings. The Labute approximate surface area is 128 Å². The molecule has 0 aromatic heterocycles. The summed E-state index contributed by atoms with van der Waals surface area (Å²) >= 11 is 0. The zero-order valence-electron chi connectivity index (χ0n) is 13.6. The van der Waals surface area contributed by atoms with Crippen molar-refractivity contribution in [3.05, 3.63) is 23.8 Å². The standard InChI is InChI=1S/C17H29NO3/c1-4-15(18)13-14-9-8-10-16(20-5-2)17(14)21-12-7-6-11-19-3/h8-10,15H,4-7,11-13,18H2,1-3H3. The van der Waals surface area contributed by atoms with Gasteiger partial charge >= 0.3 is 0 Å². The summed E-state index contributed by atoms with van der Waals surface area (Å²) in [6, 6.07) is 6.18. The molecule has 0 amide bonds. The summed E-state index contributed by atoms with van der Waals surface area (Å²) in [6.07, 6.45) is 3.72. The van der Waals surface area contributed by atoms with Gasteiger partial charge in [-0.1, -0.05) is 19.1 Å². The number of hydrogen-bond acceptors (Lipinski definition) is 4. The summed E-state index contributed by atoms with van der Waals surface area (Å²) in [5, 5.41) is 0. The zero-order valence-corrected chi connectivity index (χ0v) is 13.6. The van der Waals surface area contributed by atoms with E-state index >= 15 is 0 Å². The van der Waals surface area contributed by atoms with Crippen molar-refractivity contribution >= 4 is 0 Å². The van der Waals surface area contributed by atoms with E-state index in [1.54, 1.807) is 7.11 Å². The molecular formula is C17H29NO3. The van der Waals surface area contributed by atoms with Crippen LogP contribution in [-0.2, 0) is 11.2 Å². The lowest BCUT2D eigenvalue weighted by Gasteiger charge is -2.18. The van der Waals surface area contributed by atoms with Crippen LogP contribution in [0.1, 0.15) is 38.7 Å². The summed E-state index contributed by atoms with van der Waals surface area (Å²) in [5.41, 5.74) is 7.21. The quantitative estimate of drug-likeness (QED) is 0.637. The van der Waals surface area contributed by atoms with E-state index in [9.17, 15) is 0 Å². The number of hydrogen-bond donors (Lipinski definition) is 1. The van der Waals surface area contributed by atoms with Crippen LogP contribution < -0.4 is 15.2 Å². The van der Waals surface area contributed by atoms with Gasteiger partial charge in [0.15, 0.2) is 11.5 Å². The summed E-state index contributed by atoms with van der Waals surface area (Å²) < 4.78 is 16.7. The van der Waals surface area contributed by atoms with Gasteiger partial charge < -0.3 is 19.9 Å². The Balaban J connectivity index is 2.74. The smallest absolute Gasteiger partial charge is 0.164 e. The number of benzene rings is 1. The predicted octanol–water partition coefficient (Wildman–Crippen LogP) is 3.17. The van der Waals surface area contributed by atoms with Crippen LogP contribution in [0.25, 0.3) is 0 Å². The number of para-hydroxylation sites is 1. The van der Waals surface area contributed by atoms with Gasteiger partial charge in [-0.3, -0.25) is 0 Å². The molecule has 21 heavy (non-hydrogen) atoms. The van der Waals surface area contributed by atoms with E-state index in [-0.39, 0.29) is 6.04 Å². The number of unbranched alkanes of at least 4 members (excludes halogenated alkanes) is 1. The largest absolute Gasteiger partial charge is 0.490 e. The maximum atomic E-state index is 6.08. The van der Waals surface area contributed by atoms with Gasteiger partial charge in [0.2, 0.25) is 0 Å². The van der Waals surface area contributed by atoms with Crippen LogP contribution in [-0.4, -0.2) is 33.0 Å². The Morgan fingerprint density at radius 2 is 1.86 bits per heavy atom. The van der Waals surface area contributed by atoms with Crippen LogP contribution in [0.5, 0.6) is 11.5 Å². The monoisotopic (exact) mass is 295 g/mol. The molecule has 0 saturated carbocycles. The fourth-order valence-electron chi connectivity index (χ4n) is 2.10. The second kappa shape index (κ2) is 10.5. The first-order valence-corrected chi connectivity index (χ1v) is 7.84. The maximum Gasteiger partial charge on any atom is 0.164 e. The van der Waals surface area contributed by atoms with Crippen LogP contribution in [0, 0.1) is 0 Å². The van der Waals surface area contributed by atoms with Gasteiger partial charge in [0.25, 0.3) is 0 Å². The molecule has 0 radical (unpaired) electrons. The molecule has 0 bridgehead atoms. The van der Waals surface area contributed by atoms with Crippen LogP contribution in [0.2, 0.25) is 0 Å². The maximum absolute atomic E-state index is 6.08. The Hall–Kier alpha value is -1.26. The highest BCUT2D eigenvalue weighted by Crippen LogP contribution is 2.32. The van der Waals surface area contributed by atoms with Gasteiger partial charge in [-0.15, -0.1) is 0 Å². The number of rotatable bonds is 11. The van der Waals surface area contributed by atoms with Crippen LogP contribution in [0.15, 0.2) is 18.2 Å². The fraction of sp³-hybridized carbons (Fsp3) is 0.647. The van der Waals surface area contributed by atoms with Crippen molar-refractivity contribution in [2.24, 2.45) is 5.73 Å². The van der Waals surface area contributed by atoms with E-state index in [0.29, 0.717) is 13.2 Å². The third kappa shape index (κ3) is 6.36. The minimum Gasteiger partial charge on any atom is -0.490 e. The normalized spacial score (nSPS) is 12.2. The Kier molecular flexibility index (Phi) is 8.87. The number of nitrogens with two attached hydrogens (primary N) is 1. The molecule has 1 unspecified atom stereocenters. The van der Waals surface area contributed by atoms with Gasteiger partial charge in [0.1, 0.15) is 0 Å². The highest BCUT2D eigenvalue weighted by molar-refractivity contribution is 5.47. The van der Waals surface area contributed by atoms with E-state index in [4.69, 9.17) is 19.9 Å². The van der Waals surface area contributed by atoms with Crippen molar-refractivity contribution in [3.63, 3.8) is 0 Å². The summed E-state index contributed by atoms with van der Waals surface area (Å²) in [4.78, 5) is 0. The van der Waals surface area contributed by atoms with Crippen LogP contribution in [0.3, 0.4) is 0 Å². The minimum absolute atomic E-state index is 0.151. The van der Waals surface area contributed by atoms with E-state index in [0.717, 1.165) is 49.4 Å². The number of ether oxygens (including phenoxy) is 3. The lowest BCUT2D eigenvalue weighted by Crippen LogP contribution is -2.22. The summed E-state index contributed by atoms with van der Waals surface area (Å²) in [5.74, 6) is 1.66. The molecule has 2 N–H and O–H groups in total. The molecule has 0 aliphatic heterocycles. The van der Waals surface area contributed by atoms with Gasteiger partial charge in [-0.05, 0) is 44.2 Å². The van der Waals surface area contributed by atoms with E-state index in [1.807, 2.05) is 19.1 Å². The Morgan fingerprint density at radius 1 is 1.10 bits per heavy atom. The molecule has 1 rings (SSSR count). The van der Waals surface area contributed by atoms with E-state index in [2.05, 4.69) is 13.0 Å². The van der Waals surface area contributed by atoms with Gasteiger partial charge in [-0.2, -0.15) is 0 Å². The molecule has 0 aliphatic rings.